The van der Waals surface area contributed by atoms with Gasteiger partial charge >= 0.3 is 0 Å². The monoisotopic (exact) mass is 505 g/mol. The van der Waals surface area contributed by atoms with Gasteiger partial charge in [-0.3, -0.25) is 9.55 Å². The summed E-state index contributed by atoms with van der Waals surface area (Å²) in [4.78, 5) is 19.5. The van der Waals surface area contributed by atoms with Crippen molar-refractivity contribution in [3.63, 3.8) is 0 Å². The van der Waals surface area contributed by atoms with Crippen molar-refractivity contribution in [2.24, 2.45) is 0 Å². The van der Waals surface area contributed by atoms with E-state index in [2.05, 4.69) is 52.0 Å². The Labute approximate surface area is 221 Å². The highest BCUT2D eigenvalue weighted by Crippen LogP contribution is 2.42. The highest BCUT2D eigenvalue weighted by molar-refractivity contribution is 7.26. The first-order chi connectivity index (χ1) is 18.8. The van der Waals surface area contributed by atoms with Gasteiger partial charge in [0.05, 0.1) is 21.9 Å². The maximum atomic E-state index is 5.05. The summed E-state index contributed by atoms with van der Waals surface area (Å²) in [5.41, 5.74) is 3.95. The zero-order chi connectivity index (χ0) is 25.1. The molecule has 0 atom stereocenters. The van der Waals surface area contributed by atoms with Gasteiger partial charge in [0.15, 0.2) is 11.6 Å². The molecule has 8 aromatic rings. The van der Waals surface area contributed by atoms with E-state index in [1.807, 2.05) is 73.1 Å². The van der Waals surface area contributed by atoms with Gasteiger partial charge in [-0.15, -0.1) is 11.3 Å². The minimum absolute atomic E-state index is 0.579. The summed E-state index contributed by atoms with van der Waals surface area (Å²) in [5.74, 6) is 1.85. The van der Waals surface area contributed by atoms with Crippen molar-refractivity contribution in [3.05, 3.63) is 116 Å². The van der Waals surface area contributed by atoms with Crippen LogP contribution in [0.5, 0.6) is 0 Å². The van der Waals surface area contributed by atoms with Gasteiger partial charge in [-0.05, 0) is 12.1 Å². The lowest BCUT2D eigenvalue weighted by Crippen LogP contribution is -2.06. The molecule has 0 N–H and O–H groups in total. The number of aromatic nitrogens is 5. The van der Waals surface area contributed by atoms with Crippen molar-refractivity contribution in [3.8, 4) is 28.7 Å². The molecule has 0 unspecified atom stereocenters. The summed E-state index contributed by atoms with van der Waals surface area (Å²) in [6, 6.07) is 35.3. The Morgan fingerprint density at radius 2 is 1.21 bits per heavy atom. The van der Waals surface area contributed by atoms with Gasteiger partial charge in [-0.1, -0.05) is 91.0 Å². The first-order valence-corrected chi connectivity index (χ1v) is 13.2. The van der Waals surface area contributed by atoms with Gasteiger partial charge in [0.25, 0.3) is 0 Å². The van der Waals surface area contributed by atoms with Gasteiger partial charge < -0.3 is 0 Å². The molecule has 0 bridgehead atoms. The Morgan fingerprint density at radius 1 is 0.553 bits per heavy atom. The Morgan fingerprint density at radius 3 is 1.95 bits per heavy atom. The number of pyridine rings is 1. The highest BCUT2D eigenvalue weighted by Gasteiger charge is 2.21. The lowest BCUT2D eigenvalue weighted by Gasteiger charge is -2.11. The second-order valence-electron chi connectivity index (χ2n) is 9.18. The molecule has 0 aliphatic heterocycles. The van der Waals surface area contributed by atoms with Gasteiger partial charge in [-0.25, -0.2) is 4.98 Å². The van der Waals surface area contributed by atoms with E-state index in [9.17, 15) is 0 Å². The van der Waals surface area contributed by atoms with Crippen LogP contribution in [-0.4, -0.2) is 24.5 Å². The molecule has 4 aromatic carbocycles. The largest absolute Gasteiger partial charge is 0.275 e. The van der Waals surface area contributed by atoms with Crippen molar-refractivity contribution in [2.45, 2.75) is 0 Å². The topological polar surface area (TPSA) is 56.5 Å². The summed E-state index contributed by atoms with van der Waals surface area (Å²) in [6.07, 6.45) is 3.75. The number of hydrogen-bond donors (Lipinski definition) is 0. The Balaban J connectivity index is 1.53. The number of fused-ring (bicyclic) bond motifs is 7. The molecule has 0 aliphatic carbocycles. The standard InChI is InChI=1S/C32H19N5S/c1-3-9-20(10-4-1)30-34-31(21-11-5-2-6-12-21)36-32(35-30)37-26-19-33-18-17-22(26)24-15-16-25-23-13-7-8-14-27(23)38-29(25)28(24)37/h1-19H. The lowest BCUT2D eigenvalue weighted by atomic mass is 10.1. The lowest BCUT2D eigenvalue weighted by molar-refractivity contribution is 0.953. The van der Waals surface area contributed by atoms with Crippen molar-refractivity contribution in [1.29, 1.82) is 0 Å². The average Bonchev–Trinajstić information content (AvgIpc) is 3.54. The molecule has 0 aliphatic rings. The van der Waals surface area contributed by atoms with Gasteiger partial charge in [0.2, 0.25) is 5.95 Å². The van der Waals surface area contributed by atoms with E-state index < -0.39 is 0 Å². The summed E-state index contributed by atoms with van der Waals surface area (Å²) in [7, 11) is 0. The molecule has 8 rings (SSSR count). The van der Waals surface area contributed by atoms with Crippen LogP contribution >= 0.6 is 11.3 Å². The third-order valence-corrected chi connectivity index (χ3v) is 8.16. The summed E-state index contributed by atoms with van der Waals surface area (Å²) >= 11 is 1.80. The van der Waals surface area contributed by atoms with Gasteiger partial charge in [-0.2, -0.15) is 9.97 Å². The molecule has 178 valence electrons. The van der Waals surface area contributed by atoms with E-state index in [4.69, 9.17) is 15.0 Å². The minimum Gasteiger partial charge on any atom is -0.275 e. The van der Waals surface area contributed by atoms with E-state index in [-0.39, 0.29) is 0 Å². The maximum absolute atomic E-state index is 5.05. The van der Waals surface area contributed by atoms with Crippen molar-refractivity contribution in [1.82, 2.24) is 24.5 Å². The van der Waals surface area contributed by atoms with Crippen LogP contribution in [0.15, 0.2) is 116 Å². The number of benzene rings is 4. The molecule has 0 saturated heterocycles. The summed E-state index contributed by atoms with van der Waals surface area (Å²) < 4.78 is 4.63. The van der Waals surface area contributed by atoms with Crippen molar-refractivity contribution >= 4 is 53.3 Å². The van der Waals surface area contributed by atoms with Crippen LogP contribution in [0.4, 0.5) is 0 Å². The normalized spacial score (nSPS) is 11.7. The van der Waals surface area contributed by atoms with Gasteiger partial charge in [0, 0.05) is 43.6 Å². The van der Waals surface area contributed by atoms with Crippen molar-refractivity contribution in [2.75, 3.05) is 0 Å². The number of nitrogens with zero attached hydrogens (tertiary/aromatic N) is 5. The van der Waals surface area contributed by atoms with Crippen LogP contribution in [0.25, 0.3) is 70.7 Å². The van der Waals surface area contributed by atoms with Crippen LogP contribution in [0.1, 0.15) is 0 Å². The number of hydrogen-bond acceptors (Lipinski definition) is 5. The van der Waals surface area contributed by atoms with Crippen molar-refractivity contribution < 1.29 is 0 Å². The molecular formula is C32H19N5S. The predicted molar refractivity (Wildman–Crippen MR) is 156 cm³/mol. The van der Waals surface area contributed by atoms with Crippen LogP contribution in [0, 0.1) is 0 Å². The number of rotatable bonds is 3. The molecule has 0 radical (unpaired) electrons. The van der Waals surface area contributed by atoms with E-state index >= 15 is 0 Å². The quantitative estimate of drug-likeness (QED) is 0.244. The van der Waals surface area contributed by atoms with Crippen LogP contribution in [0.3, 0.4) is 0 Å². The summed E-state index contributed by atoms with van der Waals surface area (Å²) in [6.45, 7) is 0. The summed E-state index contributed by atoms with van der Waals surface area (Å²) in [5, 5.41) is 4.77. The zero-order valence-corrected chi connectivity index (χ0v) is 20.9. The molecular weight excluding hydrogens is 486 g/mol. The molecule has 0 fully saturated rings. The Hall–Kier alpha value is -4.94. The van der Waals surface area contributed by atoms with E-state index in [1.165, 1.54) is 20.2 Å². The SMILES string of the molecule is c1ccc(-c2nc(-c3ccccc3)nc(-n3c4cnccc4c4ccc5c6ccccc6sc5c43)n2)cc1. The predicted octanol–water partition coefficient (Wildman–Crippen LogP) is 8.07. The molecule has 38 heavy (non-hydrogen) atoms. The maximum Gasteiger partial charge on any atom is 0.238 e. The van der Waals surface area contributed by atoms with Crippen LogP contribution < -0.4 is 0 Å². The highest BCUT2D eigenvalue weighted by atomic mass is 32.1. The number of thiophene rings is 1. The second-order valence-corrected chi connectivity index (χ2v) is 10.2. The first-order valence-electron chi connectivity index (χ1n) is 12.4. The zero-order valence-electron chi connectivity index (χ0n) is 20.1. The van der Waals surface area contributed by atoms with Crippen LogP contribution in [-0.2, 0) is 0 Å². The molecule has 5 nitrogen and oxygen atoms in total. The third-order valence-electron chi connectivity index (χ3n) is 6.96. The van der Waals surface area contributed by atoms with E-state index in [1.54, 1.807) is 11.3 Å². The van der Waals surface area contributed by atoms with Gasteiger partial charge in [0.1, 0.15) is 0 Å². The fraction of sp³-hybridized carbons (Fsp3) is 0. The minimum atomic E-state index is 0.579. The molecule has 4 heterocycles. The van der Waals surface area contributed by atoms with Crippen LogP contribution in [0.2, 0.25) is 0 Å². The molecule has 6 heteroatoms. The Kier molecular flexibility index (Phi) is 4.62. The average molecular weight is 506 g/mol. The molecule has 0 saturated carbocycles. The van der Waals surface area contributed by atoms with E-state index in [0.29, 0.717) is 17.6 Å². The fourth-order valence-corrected chi connectivity index (χ4v) is 6.47. The Bertz CT molecular complexity index is 2070. The molecule has 0 amide bonds. The van der Waals surface area contributed by atoms with E-state index in [0.717, 1.165) is 32.9 Å². The smallest absolute Gasteiger partial charge is 0.238 e. The fourth-order valence-electron chi connectivity index (χ4n) is 5.23. The first kappa shape index (κ1) is 21.2. The molecule has 4 aromatic heterocycles. The molecule has 0 spiro atoms. The third kappa shape index (κ3) is 3.17. The second kappa shape index (κ2) is 8.30.